The molecule has 0 bridgehead atoms. The monoisotopic (exact) mass is 270 g/mol. The lowest BCUT2D eigenvalue weighted by Gasteiger charge is -2.49. The number of aliphatic hydroxyl groups is 1. The van der Waals surface area contributed by atoms with Crippen molar-refractivity contribution in [3.05, 3.63) is 0 Å². The Labute approximate surface area is 116 Å². The minimum Gasteiger partial charge on any atom is -0.393 e. The molecule has 1 aliphatic carbocycles. The molecule has 104 valence electrons. The van der Waals surface area contributed by atoms with E-state index >= 15 is 0 Å². The molecule has 0 spiro atoms. The van der Waals surface area contributed by atoms with Gasteiger partial charge in [0.15, 0.2) is 0 Å². The molecule has 4 heteroatoms. The molecular formula is C14H26N2OS. The molecule has 2 fully saturated rings. The summed E-state index contributed by atoms with van der Waals surface area (Å²) in [5, 5.41) is 10.7. The summed E-state index contributed by atoms with van der Waals surface area (Å²) in [4.78, 5) is 3.12. The molecular weight excluding hydrogens is 244 g/mol. The van der Waals surface area contributed by atoms with Crippen LogP contribution in [0.25, 0.3) is 0 Å². The van der Waals surface area contributed by atoms with E-state index in [9.17, 15) is 5.11 Å². The number of nitrogens with two attached hydrogens (primary N) is 1. The van der Waals surface area contributed by atoms with Crippen LogP contribution in [0.5, 0.6) is 0 Å². The van der Waals surface area contributed by atoms with Crippen molar-refractivity contribution in [2.45, 2.75) is 63.5 Å². The van der Waals surface area contributed by atoms with Crippen LogP contribution in [0, 0.1) is 5.92 Å². The predicted octanol–water partition coefficient (Wildman–Crippen LogP) is 2.07. The molecule has 1 saturated carbocycles. The fourth-order valence-corrected chi connectivity index (χ4v) is 3.88. The van der Waals surface area contributed by atoms with Crippen LogP contribution in [0.2, 0.25) is 0 Å². The van der Waals surface area contributed by atoms with Crippen molar-refractivity contribution >= 4 is 17.2 Å². The average molecular weight is 270 g/mol. The molecule has 0 amide bonds. The lowest BCUT2D eigenvalue weighted by molar-refractivity contribution is -0.102. The van der Waals surface area contributed by atoms with Gasteiger partial charge in [-0.25, -0.2) is 0 Å². The molecule has 1 heterocycles. The molecule has 0 radical (unpaired) electrons. The Morgan fingerprint density at radius 2 is 2.28 bits per heavy atom. The van der Waals surface area contributed by atoms with Gasteiger partial charge in [0.1, 0.15) is 0 Å². The van der Waals surface area contributed by atoms with Crippen molar-refractivity contribution in [1.29, 1.82) is 0 Å². The fraction of sp³-hybridized carbons (Fsp3) is 0.929. The first-order chi connectivity index (χ1) is 8.55. The van der Waals surface area contributed by atoms with Gasteiger partial charge in [-0.1, -0.05) is 32.0 Å². The summed E-state index contributed by atoms with van der Waals surface area (Å²) in [5.74, 6) is 0.459. The molecule has 2 rings (SSSR count). The summed E-state index contributed by atoms with van der Waals surface area (Å²) in [7, 11) is 0. The van der Waals surface area contributed by atoms with Crippen LogP contribution in [0.4, 0.5) is 0 Å². The van der Waals surface area contributed by atoms with Gasteiger partial charge in [0.2, 0.25) is 0 Å². The van der Waals surface area contributed by atoms with Crippen molar-refractivity contribution in [1.82, 2.24) is 4.90 Å². The Morgan fingerprint density at radius 1 is 1.50 bits per heavy atom. The fourth-order valence-electron chi connectivity index (χ4n) is 3.69. The van der Waals surface area contributed by atoms with Gasteiger partial charge in [-0.3, -0.25) is 4.90 Å². The first-order valence-corrected chi connectivity index (χ1v) is 7.70. The molecule has 1 aliphatic heterocycles. The maximum Gasteiger partial charge on any atom is 0.0743 e. The first-order valence-electron chi connectivity index (χ1n) is 7.30. The largest absolute Gasteiger partial charge is 0.393 e. The molecule has 2 aliphatic rings. The van der Waals surface area contributed by atoms with Gasteiger partial charge in [-0.15, -0.1) is 0 Å². The number of fused-ring (bicyclic) bond motifs is 1. The highest BCUT2D eigenvalue weighted by atomic mass is 32.1. The molecule has 3 unspecified atom stereocenters. The number of hydrogen-bond donors (Lipinski definition) is 2. The zero-order chi connectivity index (χ0) is 13.2. The van der Waals surface area contributed by atoms with Gasteiger partial charge >= 0.3 is 0 Å². The highest BCUT2D eigenvalue weighted by molar-refractivity contribution is 7.80. The van der Waals surface area contributed by atoms with E-state index in [0.29, 0.717) is 16.9 Å². The van der Waals surface area contributed by atoms with Crippen LogP contribution in [0.15, 0.2) is 0 Å². The highest BCUT2D eigenvalue weighted by Crippen LogP contribution is 2.40. The molecule has 0 aromatic rings. The SMILES string of the molecule is CCC(CC(N)=S)N1CCC2(O)CCCCC2C1. The van der Waals surface area contributed by atoms with Gasteiger partial charge in [0, 0.05) is 31.5 Å². The van der Waals surface area contributed by atoms with E-state index in [-0.39, 0.29) is 5.60 Å². The molecule has 3 nitrogen and oxygen atoms in total. The third-order valence-electron chi connectivity index (χ3n) is 4.88. The molecule has 3 N–H and O–H groups in total. The summed E-state index contributed by atoms with van der Waals surface area (Å²) in [6.45, 7) is 4.22. The van der Waals surface area contributed by atoms with Gasteiger partial charge in [0.05, 0.1) is 10.6 Å². The standard InChI is InChI=1S/C14H26N2OS/c1-2-12(9-13(15)18)16-8-7-14(17)6-4-3-5-11(14)10-16/h11-12,17H,2-10H2,1H3,(H2,15,18). The Balaban J connectivity index is 1.98. The summed E-state index contributed by atoms with van der Waals surface area (Å²) < 4.78 is 0. The lowest BCUT2D eigenvalue weighted by atomic mass is 9.71. The Bertz CT molecular complexity index is 310. The Kier molecular flexibility index (Phi) is 4.62. The third-order valence-corrected chi connectivity index (χ3v) is 5.05. The normalized spacial score (nSPS) is 34.9. The van der Waals surface area contributed by atoms with Gasteiger partial charge in [-0.2, -0.15) is 0 Å². The van der Waals surface area contributed by atoms with Crippen molar-refractivity contribution in [2.75, 3.05) is 13.1 Å². The van der Waals surface area contributed by atoms with Gasteiger partial charge in [-0.05, 0) is 25.7 Å². The summed E-state index contributed by atoms with van der Waals surface area (Å²) in [6, 6.07) is 0.467. The van der Waals surface area contributed by atoms with E-state index in [1.807, 2.05) is 0 Å². The number of hydrogen-bond acceptors (Lipinski definition) is 3. The minimum atomic E-state index is -0.379. The number of thiocarbonyl (C=S) groups is 1. The second-order valence-corrected chi connectivity index (χ2v) is 6.55. The predicted molar refractivity (Wildman–Crippen MR) is 78.6 cm³/mol. The zero-order valence-electron chi connectivity index (χ0n) is 11.4. The van der Waals surface area contributed by atoms with Crippen molar-refractivity contribution in [2.24, 2.45) is 11.7 Å². The topological polar surface area (TPSA) is 49.5 Å². The quantitative estimate of drug-likeness (QED) is 0.768. The van der Waals surface area contributed by atoms with E-state index in [2.05, 4.69) is 11.8 Å². The van der Waals surface area contributed by atoms with Crippen molar-refractivity contribution < 1.29 is 5.11 Å². The number of piperidine rings is 1. The minimum absolute atomic E-state index is 0.379. The van der Waals surface area contributed by atoms with Crippen molar-refractivity contribution in [3.8, 4) is 0 Å². The average Bonchev–Trinajstić information content (AvgIpc) is 2.34. The summed E-state index contributed by atoms with van der Waals surface area (Å²) >= 11 is 5.05. The summed E-state index contributed by atoms with van der Waals surface area (Å²) in [6.07, 6.45) is 7.46. The van der Waals surface area contributed by atoms with E-state index in [1.54, 1.807) is 0 Å². The molecule has 0 aromatic heterocycles. The van der Waals surface area contributed by atoms with Crippen LogP contribution in [0.1, 0.15) is 51.9 Å². The van der Waals surface area contributed by atoms with E-state index in [4.69, 9.17) is 18.0 Å². The van der Waals surface area contributed by atoms with Crippen LogP contribution in [-0.2, 0) is 0 Å². The molecule has 1 saturated heterocycles. The van der Waals surface area contributed by atoms with Crippen LogP contribution in [-0.4, -0.2) is 39.7 Å². The summed E-state index contributed by atoms with van der Waals surface area (Å²) in [5.41, 5.74) is 5.31. The Hall–Kier alpha value is -0.190. The van der Waals surface area contributed by atoms with Gasteiger partial charge in [0.25, 0.3) is 0 Å². The van der Waals surface area contributed by atoms with E-state index in [1.165, 1.54) is 19.3 Å². The van der Waals surface area contributed by atoms with E-state index < -0.39 is 0 Å². The van der Waals surface area contributed by atoms with Crippen LogP contribution >= 0.6 is 12.2 Å². The zero-order valence-corrected chi connectivity index (χ0v) is 12.2. The lowest BCUT2D eigenvalue weighted by Crippen LogP contribution is -2.55. The maximum atomic E-state index is 10.7. The number of nitrogens with zero attached hydrogens (tertiary/aromatic N) is 1. The number of rotatable bonds is 4. The smallest absolute Gasteiger partial charge is 0.0743 e. The van der Waals surface area contributed by atoms with Gasteiger partial charge < -0.3 is 10.8 Å². The molecule has 3 atom stereocenters. The van der Waals surface area contributed by atoms with Crippen molar-refractivity contribution in [3.63, 3.8) is 0 Å². The highest BCUT2D eigenvalue weighted by Gasteiger charge is 2.43. The number of likely N-dealkylation sites (tertiary alicyclic amines) is 1. The van der Waals surface area contributed by atoms with Crippen LogP contribution in [0.3, 0.4) is 0 Å². The van der Waals surface area contributed by atoms with E-state index in [0.717, 1.165) is 38.8 Å². The Morgan fingerprint density at radius 3 is 2.94 bits per heavy atom. The second-order valence-electron chi connectivity index (χ2n) is 6.02. The maximum absolute atomic E-state index is 10.7. The molecule has 0 aromatic carbocycles. The molecule has 18 heavy (non-hydrogen) atoms. The first kappa shape index (κ1) is 14.2. The third kappa shape index (κ3) is 3.03. The second kappa shape index (κ2) is 5.85. The van der Waals surface area contributed by atoms with Crippen LogP contribution < -0.4 is 5.73 Å².